The molecule has 0 atom stereocenters. The van der Waals surface area contributed by atoms with Crippen molar-refractivity contribution in [3.8, 4) is 5.75 Å². The van der Waals surface area contributed by atoms with Crippen LogP contribution in [-0.2, 0) is 4.79 Å². The van der Waals surface area contributed by atoms with Crippen molar-refractivity contribution in [3.05, 3.63) is 60.4 Å². The van der Waals surface area contributed by atoms with Crippen LogP contribution in [0.5, 0.6) is 5.75 Å². The minimum absolute atomic E-state index is 0.181. The first-order valence-corrected chi connectivity index (χ1v) is 8.59. The monoisotopic (exact) mass is 375 g/mol. The Morgan fingerprint density at radius 1 is 1.07 bits per heavy atom. The topological polar surface area (TPSA) is 93.5 Å². The van der Waals surface area contributed by atoms with Gasteiger partial charge in [-0.2, -0.15) is 0 Å². The fourth-order valence-corrected chi connectivity index (χ4v) is 3.12. The van der Waals surface area contributed by atoms with E-state index in [1.165, 1.54) is 6.92 Å². The number of nitrogens with one attached hydrogen (secondary N) is 2. The molecule has 2 amide bonds. The van der Waals surface area contributed by atoms with Crippen molar-refractivity contribution in [1.82, 2.24) is 4.98 Å². The second-order valence-electron chi connectivity index (χ2n) is 6.21. The Labute approximate surface area is 160 Å². The molecule has 28 heavy (non-hydrogen) atoms. The van der Waals surface area contributed by atoms with Gasteiger partial charge in [-0.05, 0) is 42.5 Å². The van der Waals surface area contributed by atoms with Crippen molar-refractivity contribution >= 4 is 45.1 Å². The van der Waals surface area contributed by atoms with Gasteiger partial charge in [0, 0.05) is 29.6 Å². The number of anilines is 2. The number of rotatable bonds is 4. The van der Waals surface area contributed by atoms with Crippen LogP contribution >= 0.6 is 0 Å². The highest BCUT2D eigenvalue weighted by Gasteiger charge is 2.20. The first kappa shape index (κ1) is 17.5. The van der Waals surface area contributed by atoms with Gasteiger partial charge in [0.1, 0.15) is 5.58 Å². The molecule has 2 heterocycles. The molecule has 0 unspecified atom stereocenters. The van der Waals surface area contributed by atoms with Gasteiger partial charge < -0.3 is 19.8 Å². The zero-order valence-corrected chi connectivity index (χ0v) is 15.3. The summed E-state index contributed by atoms with van der Waals surface area (Å²) in [5.74, 6) is 0.0396. The van der Waals surface area contributed by atoms with Gasteiger partial charge in [-0.15, -0.1) is 0 Å². The summed E-state index contributed by atoms with van der Waals surface area (Å²) in [5.41, 5.74) is 2.69. The molecule has 140 valence electrons. The number of carbonyl (C=O) groups excluding carboxylic acids is 2. The number of aromatic nitrogens is 1. The van der Waals surface area contributed by atoms with E-state index in [-0.39, 0.29) is 11.8 Å². The number of hydrogen-bond donors (Lipinski definition) is 2. The van der Waals surface area contributed by atoms with Crippen LogP contribution in [0.1, 0.15) is 17.3 Å². The number of hydrogen-bond acceptors (Lipinski definition) is 5. The Hall–Kier alpha value is -3.87. The molecule has 0 aliphatic heterocycles. The second kappa shape index (κ2) is 7.03. The van der Waals surface area contributed by atoms with Crippen molar-refractivity contribution < 1.29 is 18.7 Å². The van der Waals surface area contributed by atoms with Gasteiger partial charge in [0.25, 0.3) is 5.91 Å². The molecule has 4 rings (SSSR count). The fraction of sp³-hybridized carbons (Fsp3) is 0.0952. The molecular formula is C21H17N3O4. The number of amides is 2. The number of methoxy groups -OCH3 is 1. The van der Waals surface area contributed by atoms with E-state index in [4.69, 9.17) is 9.15 Å². The number of pyridine rings is 1. The van der Waals surface area contributed by atoms with Crippen molar-refractivity contribution in [2.24, 2.45) is 0 Å². The van der Waals surface area contributed by atoms with Crippen LogP contribution in [-0.4, -0.2) is 23.9 Å². The minimum Gasteiger partial charge on any atom is -0.493 e. The summed E-state index contributed by atoms with van der Waals surface area (Å²) in [6.45, 7) is 1.44. The molecule has 0 saturated heterocycles. The Bertz CT molecular complexity index is 1200. The van der Waals surface area contributed by atoms with Crippen LogP contribution in [0, 0.1) is 0 Å². The number of ether oxygens (including phenoxy) is 1. The molecule has 0 fully saturated rings. The van der Waals surface area contributed by atoms with E-state index in [0.717, 1.165) is 0 Å². The van der Waals surface area contributed by atoms with Crippen LogP contribution < -0.4 is 15.4 Å². The number of nitrogens with zero attached hydrogens (tertiary/aromatic N) is 1. The lowest BCUT2D eigenvalue weighted by Crippen LogP contribution is -2.12. The summed E-state index contributed by atoms with van der Waals surface area (Å²) in [6.07, 6.45) is 3.20. The number of carbonyl (C=O) groups is 2. The summed E-state index contributed by atoms with van der Waals surface area (Å²) < 4.78 is 11.3. The van der Waals surface area contributed by atoms with Crippen molar-refractivity contribution in [1.29, 1.82) is 0 Å². The first-order valence-electron chi connectivity index (χ1n) is 8.59. The molecular weight excluding hydrogens is 358 g/mol. The standard InChI is InChI=1S/C21H17N3O4/c1-12(25)23-13-5-7-17-16(10-13)19-15(6-8-18(27-2)20(19)28-17)21(26)24-14-4-3-9-22-11-14/h3-11H,1-2H3,(H,23,25)(H,24,26). The van der Waals surface area contributed by atoms with Gasteiger partial charge in [-0.25, -0.2) is 0 Å². The maximum absolute atomic E-state index is 12.9. The summed E-state index contributed by atoms with van der Waals surface area (Å²) in [5, 5.41) is 6.90. The molecule has 7 nitrogen and oxygen atoms in total. The van der Waals surface area contributed by atoms with E-state index >= 15 is 0 Å². The van der Waals surface area contributed by atoms with Gasteiger partial charge in [-0.3, -0.25) is 14.6 Å². The van der Waals surface area contributed by atoms with Crippen molar-refractivity contribution in [2.45, 2.75) is 6.92 Å². The van der Waals surface area contributed by atoms with E-state index < -0.39 is 0 Å². The maximum atomic E-state index is 12.9. The second-order valence-corrected chi connectivity index (χ2v) is 6.21. The average molecular weight is 375 g/mol. The van der Waals surface area contributed by atoms with Crippen LogP contribution in [0.4, 0.5) is 11.4 Å². The molecule has 0 saturated carbocycles. The number of furan rings is 1. The molecule has 0 aliphatic carbocycles. The van der Waals surface area contributed by atoms with Gasteiger partial charge in [0.2, 0.25) is 5.91 Å². The van der Waals surface area contributed by atoms with Crippen LogP contribution in [0.25, 0.3) is 21.9 Å². The lowest BCUT2D eigenvalue weighted by atomic mass is 10.0. The molecule has 7 heteroatoms. The molecule has 0 spiro atoms. The summed E-state index contributed by atoms with van der Waals surface area (Å²) >= 11 is 0. The fourth-order valence-electron chi connectivity index (χ4n) is 3.12. The maximum Gasteiger partial charge on any atom is 0.256 e. The van der Waals surface area contributed by atoms with Crippen molar-refractivity contribution in [2.75, 3.05) is 17.7 Å². The highest BCUT2D eigenvalue weighted by atomic mass is 16.5. The van der Waals surface area contributed by atoms with Gasteiger partial charge in [-0.1, -0.05) is 0 Å². The van der Waals surface area contributed by atoms with Crippen LogP contribution in [0.3, 0.4) is 0 Å². The third-order valence-corrected chi connectivity index (χ3v) is 4.29. The highest BCUT2D eigenvalue weighted by molar-refractivity contribution is 6.21. The normalized spacial score (nSPS) is 10.8. The predicted octanol–water partition coefficient (Wildman–Crippen LogP) is 4.20. The Kier molecular flexibility index (Phi) is 4.41. The highest BCUT2D eigenvalue weighted by Crippen LogP contribution is 2.38. The zero-order valence-electron chi connectivity index (χ0n) is 15.3. The van der Waals surface area contributed by atoms with Gasteiger partial charge >= 0.3 is 0 Å². The Balaban J connectivity index is 1.90. The molecule has 2 aromatic carbocycles. The summed E-state index contributed by atoms with van der Waals surface area (Å²) in [7, 11) is 1.54. The number of benzene rings is 2. The predicted molar refractivity (Wildman–Crippen MR) is 107 cm³/mol. The Morgan fingerprint density at radius 3 is 2.64 bits per heavy atom. The van der Waals surface area contributed by atoms with E-state index in [0.29, 0.717) is 44.6 Å². The van der Waals surface area contributed by atoms with E-state index in [1.54, 1.807) is 62.0 Å². The third kappa shape index (κ3) is 3.14. The summed E-state index contributed by atoms with van der Waals surface area (Å²) in [4.78, 5) is 28.4. The lowest BCUT2D eigenvalue weighted by molar-refractivity contribution is -0.114. The van der Waals surface area contributed by atoms with Gasteiger partial charge in [0.15, 0.2) is 11.3 Å². The average Bonchev–Trinajstić information content (AvgIpc) is 3.06. The lowest BCUT2D eigenvalue weighted by Gasteiger charge is -2.08. The molecule has 2 N–H and O–H groups in total. The smallest absolute Gasteiger partial charge is 0.256 e. The molecule has 0 radical (unpaired) electrons. The van der Waals surface area contributed by atoms with Gasteiger partial charge in [0.05, 0.1) is 24.6 Å². The Morgan fingerprint density at radius 2 is 1.93 bits per heavy atom. The SMILES string of the molecule is COc1ccc(C(=O)Nc2cccnc2)c2c1oc1ccc(NC(C)=O)cc12. The third-order valence-electron chi connectivity index (χ3n) is 4.29. The molecule has 0 aliphatic rings. The van der Waals surface area contributed by atoms with Crippen LogP contribution in [0.15, 0.2) is 59.3 Å². The zero-order chi connectivity index (χ0) is 19.7. The molecule has 4 aromatic rings. The largest absolute Gasteiger partial charge is 0.493 e. The molecule has 2 aromatic heterocycles. The minimum atomic E-state index is -0.298. The summed E-state index contributed by atoms with van der Waals surface area (Å²) in [6, 6.07) is 12.2. The van der Waals surface area contributed by atoms with Crippen LogP contribution in [0.2, 0.25) is 0 Å². The first-order chi connectivity index (χ1) is 13.6. The van der Waals surface area contributed by atoms with Crippen molar-refractivity contribution in [3.63, 3.8) is 0 Å². The molecule has 0 bridgehead atoms. The van der Waals surface area contributed by atoms with E-state index in [9.17, 15) is 9.59 Å². The van der Waals surface area contributed by atoms with E-state index in [2.05, 4.69) is 15.6 Å². The van der Waals surface area contributed by atoms with E-state index in [1.807, 2.05) is 0 Å². The quantitative estimate of drug-likeness (QED) is 0.558. The number of fused-ring (bicyclic) bond motifs is 3.